The van der Waals surface area contributed by atoms with E-state index < -0.39 is 0 Å². The molecule has 2 aliphatic carbocycles. The second-order valence-corrected chi connectivity index (χ2v) is 4.45. The molecule has 2 rings (SSSR count). The van der Waals surface area contributed by atoms with Gasteiger partial charge in [-0.05, 0) is 25.7 Å². The van der Waals surface area contributed by atoms with Gasteiger partial charge in [-0.1, -0.05) is 19.3 Å². The van der Waals surface area contributed by atoms with E-state index in [4.69, 9.17) is 0 Å². The average Bonchev–Trinajstić information content (AvgIpc) is 2.16. The molecule has 0 bridgehead atoms. The molecule has 0 saturated heterocycles. The van der Waals surface area contributed by atoms with Crippen molar-refractivity contribution in [3.63, 3.8) is 0 Å². The van der Waals surface area contributed by atoms with Crippen LogP contribution in [0.15, 0.2) is 0 Å². The minimum absolute atomic E-state index is 0.0431. The largest absolute Gasteiger partial charge is 0.291 e. The highest BCUT2D eigenvalue weighted by Crippen LogP contribution is 2.44. The van der Waals surface area contributed by atoms with E-state index in [2.05, 4.69) is 0 Å². The van der Waals surface area contributed by atoms with E-state index in [0.717, 1.165) is 38.5 Å². The maximum atomic E-state index is 11.8. The Balaban J connectivity index is 2.18. The fourth-order valence-corrected chi connectivity index (χ4v) is 2.82. The van der Waals surface area contributed by atoms with Crippen LogP contribution in [0.4, 0.5) is 0 Å². The Morgan fingerprint density at radius 1 is 0.846 bits per heavy atom. The Morgan fingerprint density at radius 2 is 1.46 bits per heavy atom. The normalized spacial score (nSPS) is 28.0. The second-order valence-electron chi connectivity index (χ2n) is 4.45. The molecule has 0 aliphatic heterocycles. The van der Waals surface area contributed by atoms with Gasteiger partial charge in [-0.3, -0.25) is 9.59 Å². The molecule has 0 unspecified atom stereocenters. The first-order valence-corrected chi connectivity index (χ1v) is 5.32. The third-order valence-corrected chi connectivity index (χ3v) is 3.60. The van der Waals surface area contributed by atoms with E-state index in [1.165, 1.54) is 6.42 Å². The predicted molar refractivity (Wildman–Crippen MR) is 49.4 cm³/mol. The highest BCUT2D eigenvalue weighted by Gasteiger charge is 2.44. The van der Waals surface area contributed by atoms with Gasteiger partial charge >= 0.3 is 0 Å². The zero-order chi connectivity index (χ0) is 9.31. The molecule has 2 heteroatoms. The third-order valence-electron chi connectivity index (χ3n) is 3.60. The summed E-state index contributed by atoms with van der Waals surface area (Å²) in [5.74, 6) is -0.147. The molecule has 1 spiro atoms. The zero-order valence-corrected chi connectivity index (χ0v) is 7.97. The van der Waals surface area contributed by atoms with Crippen LogP contribution in [0.3, 0.4) is 0 Å². The van der Waals surface area contributed by atoms with E-state index >= 15 is 0 Å². The van der Waals surface area contributed by atoms with Crippen LogP contribution in [0.1, 0.15) is 51.4 Å². The summed E-state index contributed by atoms with van der Waals surface area (Å²) in [4.78, 5) is 23.1. The summed E-state index contributed by atoms with van der Waals surface area (Å²) in [6, 6.07) is 0. The first-order chi connectivity index (χ1) is 6.25. The highest BCUT2D eigenvalue weighted by atomic mass is 16.2. The molecular weight excluding hydrogens is 164 g/mol. The Labute approximate surface area is 78.7 Å². The molecule has 0 aromatic carbocycles. The first-order valence-electron chi connectivity index (χ1n) is 5.32. The highest BCUT2D eigenvalue weighted by molar-refractivity contribution is 6.39. The van der Waals surface area contributed by atoms with E-state index in [-0.39, 0.29) is 17.0 Å². The molecule has 0 heterocycles. The lowest BCUT2D eigenvalue weighted by atomic mass is 9.64. The zero-order valence-electron chi connectivity index (χ0n) is 7.97. The van der Waals surface area contributed by atoms with Gasteiger partial charge < -0.3 is 0 Å². The molecular formula is C11H16O2. The van der Waals surface area contributed by atoms with Gasteiger partial charge in [0.25, 0.3) is 0 Å². The van der Waals surface area contributed by atoms with Crippen molar-refractivity contribution in [3.05, 3.63) is 0 Å². The maximum absolute atomic E-state index is 11.8. The van der Waals surface area contributed by atoms with E-state index in [1.807, 2.05) is 0 Å². The number of ketones is 2. The van der Waals surface area contributed by atoms with E-state index in [1.54, 1.807) is 0 Å². The van der Waals surface area contributed by atoms with Crippen LogP contribution in [-0.4, -0.2) is 11.6 Å². The quantitative estimate of drug-likeness (QED) is 0.536. The monoisotopic (exact) mass is 180 g/mol. The lowest BCUT2D eigenvalue weighted by molar-refractivity contribution is -0.147. The minimum atomic E-state index is -0.201. The molecule has 2 fully saturated rings. The van der Waals surface area contributed by atoms with Gasteiger partial charge in [0.05, 0.1) is 0 Å². The number of hydrogen-bond acceptors (Lipinski definition) is 2. The smallest absolute Gasteiger partial charge is 0.204 e. The average molecular weight is 180 g/mol. The number of hydrogen-bond donors (Lipinski definition) is 0. The summed E-state index contributed by atoms with van der Waals surface area (Å²) in [7, 11) is 0. The van der Waals surface area contributed by atoms with Gasteiger partial charge in [-0.25, -0.2) is 0 Å². The van der Waals surface area contributed by atoms with Crippen molar-refractivity contribution in [1.29, 1.82) is 0 Å². The summed E-state index contributed by atoms with van der Waals surface area (Å²) >= 11 is 0. The lowest BCUT2D eigenvalue weighted by Gasteiger charge is -2.37. The maximum Gasteiger partial charge on any atom is 0.204 e. The van der Waals surface area contributed by atoms with Gasteiger partial charge in [-0.15, -0.1) is 0 Å². The number of Topliss-reactive ketones (excluding diaryl/α,β-unsaturated/α-hetero) is 2. The predicted octanol–water partition coefficient (Wildman–Crippen LogP) is 2.26. The fourth-order valence-electron chi connectivity index (χ4n) is 2.82. The van der Waals surface area contributed by atoms with Crippen LogP contribution >= 0.6 is 0 Å². The van der Waals surface area contributed by atoms with Crippen molar-refractivity contribution < 1.29 is 9.59 Å². The van der Waals surface area contributed by atoms with Gasteiger partial charge in [-0.2, -0.15) is 0 Å². The topological polar surface area (TPSA) is 34.1 Å². The van der Waals surface area contributed by atoms with Crippen LogP contribution in [0.2, 0.25) is 0 Å². The third kappa shape index (κ3) is 1.43. The van der Waals surface area contributed by atoms with Crippen molar-refractivity contribution in [2.24, 2.45) is 5.41 Å². The summed E-state index contributed by atoms with van der Waals surface area (Å²) in [6.45, 7) is 0. The molecule has 2 aliphatic rings. The second kappa shape index (κ2) is 3.24. The summed E-state index contributed by atoms with van der Waals surface area (Å²) < 4.78 is 0. The Morgan fingerprint density at radius 3 is 2.15 bits per heavy atom. The number of carbonyl (C=O) groups excluding carboxylic acids is 2. The molecule has 0 aromatic rings. The summed E-state index contributed by atoms with van der Waals surface area (Å²) in [6.07, 6.45) is 7.86. The van der Waals surface area contributed by atoms with Gasteiger partial charge in [0.2, 0.25) is 5.78 Å². The summed E-state index contributed by atoms with van der Waals surface area (Å²) in [5.41, 5.74) is -0.201. The van der Waals surface area contributed by atoms with Crippen LogP contribution in [0.5, 0.6) is 0 Å². The number of carbonyl (C=O) groups is 2. The minimum Gasteiger partial charge on any atom is -0.291 e. The van der Waals surface area contributed by atoms with Gasteiger partial charge in [0.1, 0.15) is 0 Å². The van der Waals surface area contributed by atoms with Crippen LogP contribution < -0.4 is 0 Å². The van der Waals surface area contributed by atoms with Crippen LogP contribution in [0.25, 0.3) is 0 Å². The van der Waals surface area contributed by atoms with Gasteiger partial charge in [0, 0.05) is 11.8 Å². The van der Waals surface area contributed by atoms with Gasteiger partial charge in [0.15, 0.2) is 5.78 Å². The molecule has 0 amide bonds. The molecule has 72 valence electrons. The molecule has 13 heavy (non-hydrogen) atoms. The van der Waals surface area contributed by atoms with Crippen LogP contribution in [-0.2, 0) is 9.59 Å². The Bertz CT molecular complexity index is 231. The van der Waals surface area contributed by atoms with Crippen molar-refractivity contribution >= 4 is 11.6 Å². The molecule has 0 N–H and O–H groups in total. The van der Waals surface area contributed by atoms with Crippen LogP contribution in [0, 0.1) is 5.41 Å². The molecule has 0 radical (unpaired) electrons. The van der Waals surface area contributed by atoms with Crippen molar-refractivity contribution in [1.82, 2.24) is 0 Å². The fraction of sp³-hybridized carbons (Fsp3) is 0.818. The molecule has 0 atom stereocenters. The standard InChI is InChI=1S/C11H16O2/c12-9-5-4-8-11(10(9)13)6-2-1-3-7-11/h1-8H2. The first kappa shape index (κ1) is 8.92. The van der Waals surface area contributed by atoms with Crippen molar-refractivity contribution in [3.8, 4) is 0 Å². The SMILES string of the molecule is O=C1CCCC2(CCCCC2)C1=O. The Kier molecular flexibility index (Phi) is 2.22. The molecule has 2 nitrogen and oxygen atoms in total. The Hall–Kier alpha value is -0.660. The molecule has 0 aromatic heterocycles. The lowest BCUT2D eigenvalue weighted by Crippen LogP contribution is -2.41. The van der Waals surface area contributed by atoms with Crippen molar-refractivity contribution in [2.75, 3.05) is 0 Å². The molecule has 2 saturated carbocycles. The summed E-state index contributed by atoms with van der Waals surface area (Å²) in [5, 5.41) is 0. The van der Waals surface area contributed by atoms with Crippen molar-refractivity contribution in [2.45, 2.75) is 51.4 Å². The number of rotatable bonds is 0. The van der Waals surface area contributed by atoms with E-state index in [0.29, 0.717) is 6.42 Å². The van der Waals surface area contributed by atoms with E-state index in [9.17, 15) is 9.59 Å².